The largest absolute Gasteiger partial charge is 0.356 e. The van der Waals surface area contributed by atoms with Crippen LogP contribution in [0.3, 0.4) is 0 Å². The van der Waals surface area contributed by atoms with Crippen LogP contribution in [0.15, 0.2) is 18.2 Å². The number of halogens is 1. The minimum Gasteiger partial charge on any atom is -0.356 e. The molecule has 0 spiro atoms. The van der Waals surface area contributed by atoms with Gasteiger partial charge in [0, 0.05) is 13.0 Å². The third-order valence-corrected chi connectivity index (χ3v) is 3.07. The predicted molar refractivity (Wildman–Crippen MR) is 82.8 cm³/mol. The number of amides is 1. The number of nitrogens with one attached hydrogen (secondary N) is 1. The zero-order valence-corrected chi connectivity index (χ0v) is 12.7. The van der Waals surface area contributed by atoms with E-state index in [2.05, 4.69) is 37.4 Å². The second kappa shape index (κ2) is 9.82. The average molecular weight is 285 g/mol. The van der Waals surface area contributed by atoms with Crippen molar-refractivity contribution in [2.24, 2.45) is 5.73 Å². The summed E-state index contributed by atoms with van der Waals surface area (Å²) in [6.45, 7) is 5.61. The predicted octanol–water partition coefficient (Wildman–Crippen LogP) is 2.51. The highest BCUT2D eigenvalue weighted by molar-refractivity contribution is 5.85. The molecule has 0 aliphatic heterocycles. The quantitative estimate of drug-likeness (QED) is 0.756. The van der Waals surface area contributed by atoms with E-state index in [0.717, 1.165) is 25.8 Å². The van der Waals surface area contributed by atoms with Crippen LogP contribution < -0.4 is 11.1 Å². The molecule has 1 aromatic rings. The van der Waals surface area contributed by atoms with E-state index in [-0.39, 0.29) is 18.3 Å². The van der Waals surface area contributed by atoms with Gasteiger partial charge in [-0.2, -0.15) is 0 Å². The molecular weight excluding hydrogens is 260 g/mol. The van der Waals surface area contributed by atoms with Crippen molar-refractivity contribution in [3.05, 3.63) is 34.9 Å². The molecule has 1 rings (SSSR count). The summed E-state index contributed by atoms with van der Waals surface area (Å²) in [5.74, 6) is 0.131. The Hall–Kier alpha value is -1.06. The van der Waals surface area contributed by atoms with Crippen molar-refractivity contribution in [1.82, 2.24) is 5.32 Å². The molecule has 0 saturated heterocycles. The topological polar surface area (TPSA) is 55.1 Å². The molecule has 0 bridgehead atoms. The smallest absolute Gasteiger partial charge is 0.220 e. The van der Waals surface area contributed by atoms with Gasteiger partial charge in [0.25, 0.3) is 0 Å². The van der Waals surface area contributed by atoms with Gasteiger partial charge in [0.1, 0.15) is 0 Å². The van der Waals surface area contributed by atoms with Crippen molar-refractivity contribution in [2.75, 3.05) is 13.1 Å². The van der Waals surface area contributed by atoms with E-state index in [4.69, 9.17) is 5.73 Å². The fourth-order valence-electron chi connectivity index (χ4n) is 1.96. The molecule has 1 aromatic carbocycles. The molecule has 0 radical (unpaired) electrons. The number of hydrogen-bond acceptors (Lipinski definition) is 2. The van der Waals surface area contributed by atoms with Gasteiger partial charge in [-0.1, -0.05) is 23.8 Å². The maximum Gasteiger partial charge on any atom is 0.220 e. The van der Waals surface area contributed by atoms with Crippen LogP contribution in [0.2, 0.25) is 0 Å². The van der Waals surface area contributed by atoms with Crippen LogP contribution in [0.4, 0.5) is 0 Å². The lowest BCUT2D eigenvalue weighted by atomic mass is 10.0. The van der Waals surface area contributed by atoms with Gasteiger partial charge in [0.2, 0.25) is 5.91 Å². The molecule has 0 aromatic heterocycles. The second-order valence-electron chi connectivity index (χ2n) is 4.78. The first-order valence-corrected chi connectivity index (χ1v) is 6.66. The molecule has 3 nitrogen and oxygen atoms in total. The Labute approximate surface area is 122 Å². The Balaban J connectivity index is 0.00000324. The lowest BCUT2D eigenvalue weighted by Crippen LogP contribution is -2.25. The third-order valence-electron chi connectivity index (χ3n) is 3.07. The summed E-state index contributed by atoms with van der Waals surface area (Å²) in [4.78, 5) is 11.6. The van der Waals surface area contributed by atoms with E-state index in [1.165, 1.54) is 16.7 Å². The zero-order valence-electron chi connectivity index (χ0n) is 11.9. The zero-order chi connectivity index (χ0) is 13.4. The first-order chi connectivity index (χ1) is 8.63. The Kier molecular flexibility index (Phi) is 9.27. The maximum absolute atomic E-state index is 11.6. The van der Waals surface area contributed by atoms with Gasteiger partial charge in [-0.25, -0.2) is 0 Å². The monoisotopic (exact) mass is 284 g/mol. The fourth-order valence-corrected chi connectivity index (χ4v) is 1.96. The minimum atomic E-state index is 0. The van der Waals surface area contributed by atoms with Gasteiger partial charge in [-0.3, -0.25) is 4.79 Å². The molecule has 4 heteroatoms. The van der Waals surface area contributed by atoms with Crippen LogP contribution in [0.1, 0.15) is 36.0 Å². The molecule has 0 fully saturated rings. The molecule has 0 aliphatic carbocycles. The van der Waals surface area contributed by atoms with Crippen molar-refractivity contribution < 1.29 is 4.79 Å². The Morgan fingerprint density at radius 3 is 2.63 bits per heavy atom. The number of rotatable bonds is 7. The van der Waals surface area contributed by atoms with E-state index in [0.29, 0.717) is 13.0 Å². The van der Waals surface area contributed by atoms with Crippen LogP contribution in [0.5, 0.6) is 0 Å². The minimum absolute atomic E-state index is 0. The van der Waals surface area contributed by atoms with Crippen molar-refractivity contribution in [3.8, 4) is 0 Å². The first kappa shape index (κ1) is 17.9. The molecule has 0 heterocycles. The number of unbranched alkanes of at least 4 members (excludes halogenated alkanes) is 1. The summed E-state index contributed by atoms with van der Waals surface area (Å²) >= 11 is 0. The molecule has 1 amide bonds. The molecule has 19 heavy (non-hydrogen) atoms. The highest BCUT2D eigenvalue weighted by Crippen LogP contribution is 2.12. The van der Waals surface area contributed by atoms with Gasteiger partial charge in [0.15, 0.2) is 0 Å². The van der Waals surface area contributed by atoms with E-state index in [1.54, 1.807) is 0 Å². The molecule has 0 aliphatic rings. The average Bonchev–Trinajstić information content (AvgIpc) is 2.33. The van der Waals surface area contributed by atoms with Gasteiger partial charge < -0.3 is 11.1 Å². The van der Waals surface area contributed by atoms with Crippen LogP contribution in [-0.4, -0.2) is 19.0 Å². The number of carbonyl (C=O) groups excluding carboxylic acids is 1. The lowest BCUT2D eigenvalue weighted by molar-refractivity contribution is -0.121. The van der Waals surface area contributed by atoms with Crippen molar-refractivity contribution in [3.63, 3.8) is 0 Å². The Morgan fingerprint density at radius 1 is 1.26 bits per heavy atom. The molecule has 0 atom stereocenters. The van der Waals surface area contributed by atoms with Crippen molar-refractivity contribution in [2.45, 2.75) is 39.5 Å². The molecule has 108 valence electrons. The molecule has 3 N–H and O–H groups in total. The van der Waals surface area contributed by atoms with Gasteiger partial charge in [-0.15, -0.1) is 12.4 Å². The second-order valence-corrected chi connectivity index (χ2v) is 4.78. The van der Waals surface area contributed by atoms with E-state index >= 15 is 0 Å². The number of carbonyl (C=O) groups is 1. The van der Waals surface area contributed by atoms with Crippen LogP contribution >= 0.6 is 12.4 Å². The van der Waals surface area contributed by atoms with Crippen molar-refractivity contribution in [1.29, 1.82) is 0 Å². The highest BCUT2D eigenvalue weighted by Gasteiger charge is 2.03. The highest BCUT2D eigenvalue weighted by atomic mass is 35.5. The normalized spacial score (nSPS) is 9.84. The summed E-state index contributed by atoms with van der Waals surface area (Å²) in [5, 5.41) is 2.92. The third kappa shape index (κ3) is 7.19. The standard InChI is InChI=1S/C15H24N2O.ClH/c1-12-5-6-14(13(2)11-12)7-8-15(18)17-10-4-3-9-16;/h5-6,11H,3-4,7-10,16H2,1-2H3,(H,17,18);1H. The van der Waals surface area contributed by atoms with Gasteiger partial charge in [0.05, 0.1) is 0 Å². The summed E-state index contributed by atoms with van der Waals surface area (Å²) in [6, 6.07) is 6.38. The Bertz CT molecular complexity index is 394. The summed E-state index contributed by atoms with van der Waals surface area (Å²) in [6.07, 6.45) is 3.31. The summed E-state index contributed by atoms with van der Waals surface area (Å²) < 4.78 is 0. The molecule has 0 saturated carbocycles. The van der Waals surface area contributed by atoms with Crippen LogP contribution in [0.25, 0.3) is 0 Å². The number of aryl methyl sites for hydroxylation is 3. The van der Waals surface area contributed by atoms with Gasteiger partial charge in [-0.05, 0) is 50.8 Å². The number of nitrogens with two attached hydrogens (primary N) is 1. The van der Waals surface area contributed by atoms with Crippen LogP contribution in [0, 0.1) is 13.8 Å². The maximum atomic E-state index is 11.6. The first-order valence-electron chi connectivity index (χ1n) is 6.66. The fraction of sp³-hybridized carbons (Fsp3) is 0.533. The number of benzene rings is 1. The van der Waals surface area contributed by atoms with E-state index < -0.39 is 0 Å². The van der Waals surface area contributed by atoms with Gasteiger partial charge >= 0.3 is 0 Å². The molecular formula is C15H25ClN2O. The molecule has 0 unspecified atom stereocenters. The lowest BCUT2D eigenvalue weighted by Gasteiger charge is -2.07. The summed E-state index contributed by atoms with van der Waals surface area (Å²) in [5.41, 5.74) is 9.19. The Morgan fingerprint density at radius 2 is 2.00 bits per heavy atom. The number of hydrogen-bond donors (Lipinski definition) is 2. The summed E-state index contributed by atoms with van der Waals surface area (Å²) in [7, 11) is 0. The van der Waals surface area contributed by atoms with Crippen LogP contribution in [-0.2, 0) is 11.2 Å². The van der Waals surface area contributed by atoms with E-state index in [9.17, 15) is 4.79 Å². The SMILES string of the molecule is Cc1ccc(CCC(=O)NCCCCN)c(C)c1.Cl. The van der Waals surface area contributed by atoms with Crippen molar-refractivity contribution >= 4 is 18.3 Å². The van der Waals surface area contributed by atoms with E-state index in [1.807, 2.05) is 0 Å².